The number of carboxylic acid groups (broad SMARTS) is 1. The van der Waals surface area contributed by atoms with Crippen molar-refractivity contribution in [2.24, 2.45) is 0 Å². The molecule has 1 unspecified atom stereocenters. The van der Waals surface area contributed by atoms with Gasteiger partial charge >= 0.3 is 5.97 Å². The zero-order valence-electron chi connectivity index (χ0n) is 9.49. The van der Waals surface area contributed by atoms with E-state index in [1.54, 1.807) is 0 Å². The van der Waals surface area contributed by atoms with Gasteiger partial charge in [-0.05, 0) is 48.3 Å². The maximum atomic E-state index is 11.3. The Bertz CT molecular complexity index is 458. The zero-order valence-corrected chi connectivity index (χ0v) is 9.49. The summed E-state index contributed by atoms with van der Waals surface area (Å²) in [5.74, 6) is -0.0577. The third kappa shape index (κ3) is 1.22. The molecule has 1 fully saturated rings. The summed E-state index contributed by atoms with van der Waals surface area (Å²) in [5.41, 5.74) is 3.27. The van der Waals surface area contributed by atoms with Gasteiger partial charge in [0.05, 0.1) is 5.41 Å². The van der Waals surface area contributed by atoms with Gasteiger partial charge in [-0.1, -0.05) is 25.1 Å². The van der Waals surface area contributed by atoms with Crippen LogP contribution in [0.3, 0.4) is 0 Å². The van der Waals surface area contributed by atoms with E-state index in [1.807, 2.05) is 6.07 Å². The van der Waals surface area contributed by atoms with E-state index in [1.165, 1.54) is 17.5 Å². The molecule has 0 heterocycles. The lowest BCUT2D eigenvalue weighted by molar-refractivity contribution is -0.140. The molecular weight excluding hydrogens is 200 g/mol. The van der Waals surface area contributed by atoms with Gasteiger partial charge in [0.1, 0.15) is 0 Å². The van der Waals surface area contributed by atoms with Crippen LogP contribution in [0.15, 0.2) is 18.2 Å². The minimum Gasteiger partial charge on any atom is -0.481 e. The van der Waals surface area contributed by atoms with Crippen LogP contribution in [0.5, 0.6) is 0 Å². The Morgan fingerprint density at radius 2 is 2.19 bits per heavy atom. The SMILES string of the molecule is CC1CCc2ccc(C3(C(=O)O)CC3)cc21. The van der Waals surface area contributed by atoms with E-state index < -0.39 is 11.4 Å². The van der Waals surface area contributed by atoms with Crippen molar-refractivity contribution in [2.75, 3.05) is 0 Å². The highest BCUT2D eigenvalue weighted by atomic mass is 16.4. The Morgan fingerprint density at radius 1 is 1.44 bits per heavy atom. The molecule has 0 spiro atoms. The van der Waals surface area contributed by atoms with E-state index in [4.69, 9.17) is 0 Å². The number of fused-ring (bicyclic) bond motifs is 1. The van der Waals surface area contributed by atoms with Gasteiger partial charge in [-0.15, -0.1) is 0 Å². The van der Waals surface area contributed by atoms with Crippen LogP contribution in [0.4, 0.5) is 0 Å². The Kier molecular flexibility index (Phi) is 1.91. The van der Waals surface area contributed by atoms with Crippen LogP contribution >= 0.6 is 0 Å². The summed E-state index contributed by atoms with van der Waals surface area (Å²) in [5, 5.41) is 9.27. The summed E-state index contributed by atoms with van der Waals surface area (Å²) in [6.07, 6.45) is 3.96. The summed E-state index contributed by atoms with van der Waals surface area (Å²) in [7, 11) is 0. The third-order valence-corrected chi connectivity index (χ3v) is 4.24. The Morgan fingerprint density at radius 3 is 2.81 bits per heavy atom. The normalized spacial score (nSPS) is 25.2. The van der Waals surface area contributed by atoms with E-state index in [2.05, 4.69) is 19.1 Å². The molecule has 0 radical (unpaired) electrons. The van der Waals surface area contributed by atoms with Crippen molar-refractivity contribution < 1.29 is 9.90 Å². The molecular formula is C14H16O2. The molecule has 1 N–H and O–H groups in total. The van der Waals surface area contributed by atoms with Crippen molar-refractivity contribution in [1.29, 1.82) is 0 Å². The first-order valence-electron chi connectivity index (χ1n) is 6.00. The maximum Gasteiger partial charge on any atom is 0.314 e. The van der Waals surface area contributed by atoms with E-state index in [0.717, 1.165) is 24.8 Å². The zero-order chi connectivity index (χ0) is 11.3. The molecule has 2 aliphatic carbocycles. The summed E-state index contributed by atoms with van der Waals surface area (Å²) in [4.78, 5) is 11.3. The minimum atomic E-state index is -0.655. The highest BCUT2D eigenvalue weighted by Gasteiger charge is 2.51. The van der Waals surface area contributed by atoms with Gasteiger partial charge in [0.2, 0.25) is 0 Å². The van der Waals surface area contributed by atoms with Gasteiger partial charge in [0.25, 0.3) is 0 Å². The average Bonchev–Trinajstić information content (AvgIpc) is 3.01. The van der Waals surface area contributed by atoms with Crippen LogP contribution in [0.2, 0.25) is 0 Å². The minimum absolute atomic E-state index is 0.544. The molecule has 2 aliphatic rings. The second kappa shape index (κ2) is 3.09. The van der Waals surface area contributed by atoms with Crippen LogP contribution in [0.1, 0.15) is 48.8 Å². The van der Waals surface area contributed by atoms with Crippen LogP contribution in [-0.2, 0) is 16.6 Å². The lowest BCUT2D eigenvalue weighted by Gasteiger charge is -2.13. The molecule has 0 aromatic heterocycles. The van der Waals surface area contributed by atoms with Crippen LogP contribution in [-0.4, -0.2) is 11.1 Å². The first kappa shape index (κ1) is 9.88. The van der Waals surface area contributed by atoms with Crippen molar-refractivity contribution >= 4 is 5.97 Å². The van der Waals surface area contributed by atoms with E-state index in [9.17, 15) is 9.90 Å². The Balaban J connectivity index is 2.05. The molecule has 2 nitrogen and oxygen atoms in total. The van der Waals surface area contributed by atoms with E-state index in [0.29, 0.717) is 5.92 Å². The fourth-order valence-electron chi connectivity index (χ4n) is 2.86. The lowest BCUT2D eigenvalue weighted by Crippen LogP contribution is -2.19. The first-order valence-corrected chi connectivity index (χ1v) is 6.00. The number of aliphatic carboxylic acids is 1. The summed E-state index contributed by atoms with van der Waals surface area (Å²) >= 11 is 0. The van der Waals surface area contributed by atoms with Gasteiger partial charge in [-0.25, -0.2) is 0 Å². The van der Waals surface area contributed by atoms with Gasteiger partial charge in [-0.2, -0.15) is 0 Å². The number of benzene rings is 1. The first-order chi connectivity index (χ1) is 7.63. The molecule has 0 aliphatic heterocycles. The quantitative estimate of drug-likeness (QED) is 0.825. The molecule has 1 atom stereocenters. The monoisotopic (exact) mass is 216 g/mol. The molecule has 3 rings (SSSR count). The fourth-order valence-corrected chi connectivity index (χ4v) is 2.86. The molecule has 0 bridgehead atoms. The van der Waals surface area contributed by atoms with Crippen LogP contribution in [0.25, 0.3) is 0 Å². The number of aryl methyl sites for hydroxylation is 1. The smallest absolute Gasteiger partial charge is 0.314 e. The molecule has 1 aromatic rings. The van der Waals surface area contributed by atoms with Gasteiger partial charge in [0, 0.05) is 0 Å². The highest BCUT2D eigenvalue weighted by Crippen LogP contribution is 2.49. The molecule has 2 heteroatoms. The topological polar surface area (TPSA) is 37.3 Å². The predicted octanol–water partition coefficient (Wildman–Crippen LogP) is 2.85. The van der Waals surface area contributed by atoms with Crippen molar-refractivity contribution in [1.82, 2.24) is 0 Å². The van der Waals surface area contributed by atoms with E-state index >= 15 is 0 Å². The molecule has 0 saturated heterocycles. The average molecular weight is 216 g/mol. The van der Waals surface area contributed by atoms with E-state index in [-0.39, 0.29) is 0 Å². The molecule has 1 saturated carbocycles. The molecule has 0 amide bonds. The second-order valence-corrected chi connectivity index (χ2v) is 5.24. The summed E-state index contributed by atoms with van der Waals surface area (Å²) < 4.78 is 0. The van der Waals surface area contributed by atoms with Crippen molar-refractivity contribution in [2.45, 2.75) is 43.9 Å². The molecule has 84 valence electrons. The lowest BCUT2D eigenvalue weighted by atomic mass is 9.91. The van der Waals surface area contributed by atoms with Gasteiger partial charge < -0.3 is 5.11 Å². The van der Waals surface area contributed by atoms with Crippen LogP contribution < -0.4 is 0 Å². The standard InChI is InChI=1S/C14H16O2/c1-9-2-3-10-4-5-11(8-12(9)10)14(6-7-14)13(15)16/h4-5,8-9H,2-3,6-7H2,1H3,(H,15,16). The van der Waals surface area contributed by atoms with Crippen molar-refractivity contribution in [3.8, 4) is 0 Å². The number of hydrogen-bond acceptors (Lipinski definition) is 1. The second-order valence-electron chi connectivity index (χ2n) is 5.24. The van der Waals surface area contributed by atoms with Gasteiger partial charge in [-0.3, -0.25) is 4.79 Å². The van der Waals surface area contributed by atoms with Crippen LogP contribution in [0, 0.1) is 0 Å². The van der Waals surface area contributed by atoms with Crippen molar-refractivity contribution in [3.63, 3.8) is 0 Å². The number of carboxylic acids is 1. The predicted molar refractivity (Wildman–Crippen MR) is 61.7 cm³/mol. The van der Waals surface area contributed by atoms with Gasteiger partial charge in [0.15, 0.2) is 0 Å². The Hall–Kier alpha value is -1.31. The third-order valence-electron chi connectivity index (χ3n) is 4.24. The highest BCUT2D eigenvalue weighted by molar-refractivity contribution is 5.85. The number of carbonyl (C=O) groups is 1. The summed E-state index contributed by atoms with van der Waals surface area (Å²) in [6, 6.07) is 6.31. The Labute approximate surface area is 95.3 Å². The molecule has 1 aromatic carbocycles. The fraction of sp³-hybridized carbons (Fsp3) is 0.500. The van der Waals surface area contributed by atoms with Crippen molar-refractivity contribution in [3.05, 3.63) is 34.9 Å². The summed E-state index contributed by atoms with van der Waals surface area (Å²) in [6.45, 7) is 2.23. The largest absolute Gasteiger partial charge is 0.481 e. The molecule has 16 heavy (non-hydrogen) atoms. The number of hydrogen-bond donors (Lipinski definition) is 1. The number of rotatable bonds is 2. The maximum absolute atomic E-state index is 11.3.